The van der Waals surface area contributed by atoms with Gasteiger partial charge in [0.05, 0.1) is 19.5 Å². The Hall–Kier alpha value is -1.22. The number of allylic oxidation sites excluding steroid dienone is 1. The molecule has 0 aromatic rings. The summed E-state index contributed by atoms with van der Waals surface area (Å²) in [5.74, 6) is 0.607. The third kappa shape index (κ3) is 7.43. The summed E-state index contributed by atoms with van der Waals surface area (Å²) in [5, 5.41) is 0. The van der Waals surface area contributed by atoms with Crippen molar-refractivity contribution < 1.29 is 14.2 Å². The Morgan fingerprint density at radius 3 is 2.36 bits per heavy atom. The second-order valence-electron chi connectivity index (χ2n) is 2.70. The first-order chi connectivity index (χ1) is 6.68. The molecular weight excluding hydrogens is 180 g/mol. The Labute approximate surface area is 85.7 Å². The molecule has 3 heteroatoms. The average molecular weight is 198 g/mol. The number of hydrogen-bond acceptors (Lipinski definition) is 3. The van der Waals surface area contributed by atoms with Crippen LogP contribution in [0.1, 0.15) is 6.92 Å². The van der Waals surface area contributed by atoms with E-state index in [0.29, 0.717) is 32.2 Å². The van der Waals surface area contributed by atoms with Crippen LogP contribution in [0.25, 0.3) is 0 Å². The van der Waals surface area contributed by atoms with Crippen molar-refractivity contribution in [3.8, 4) is 0 Å². The molecule has 0 atom stereocenters. The molecule has 0 bridgehead atoms. The molecule has 0 heterocycles. The molecule has 0 rings (SSSR count). The summed E-state index contributed by atoms with van der Waals surface area (Å²) < 4.78 is 15.3. The number of ether oxygens (including phenoxy) is 3. The number of hydrogen-bond donors (Lipinski definition) is 0. The molecule has 0 amide bonds. The summed E-state index contributed by atoms with van der Waals surface area (Å²) in [4.78, 5) is 0. The van der Waals surface area contributed by atoms with Crippen LogP contribution in [0.15, 0.2) is 37.3 Å². The van der Waals surface area contributed by atoms with E-state index in [0.717, 1.165) is 5.57 Å². The van der Waals surface area contributed by atoms with Crippen LogP contribution in [-0.4, -0.2) is 26.4 Å². The van der Waals surface area contributed by atoms with Crippen LogP contribution in [0.3, 0.4) is 0 Å². The van der Waals surface area contributed by atoms with E-state index in [1.54, 1.807) is 0 Å². The normalized spacial score (nSPS) is 9.21. The fourth-order valence-electron chi connectivity index (χ4n) is 0.639. The minimum atomic E-state index is 0.486. The van der Waals surface area contributed by atoms with Crippen molar-refractivity contribution in [2.45, 2.75) is 6.92 Å². The van der Waals surface area contributed by atoms with Crippen molar-refractivity contribution in [1.82, 2.24) is 0 Å². The van der Waals surface area contributed by atoms with Crippen molar-refractivity contribution in [2.24, 2.45) is 0 Å². The average Bonchev–Trinajstić information content (AvgIpc) is 2.16. The fourth-order valence-corrected chi connectivity index (χ4v) is 0.639. The first kappa shape index (κ1) is 12.8. The molecule has 0 saturated carbocycles. The third-order valence-corrected chi connectivity index (χ3v) is 1.44. The molecule has 0 aromatic heterocycles. The van der Waals surface area contributed by atoms with Crippen LogP contribution < -0.4 is 0 Å². The van der Waals surface area contributed by atoms with Crippen LogP contribution in [-0.2, 0) is 14.2 Å². The Morgan fingerprint density at radius 1 is 1.14 bits per heavy atom. The summed E-state index contributed by atoms with van der Waals surface area (Å²) in [5.41, 5.74) is 0.833. The SMILES string of the molecule is C=COCCOCCOC(=C)C(=C)C. The van der Waals surface area contributed by atoms with Gasteiger partial charge in [-0.25, -0.2) is 0 Å². The van der Waals surface area contributed by atoms with Gasteiger partial charge in [-0.1, -0.05) is 19.7 Å². The lowest BCUT2D eigenvalue weighted by Gasteiger charge is -2.08. The lowest BCUT2D eigenvalue weighted by Crippen LogP contribution is -2.07. The van der Waals surface area contributed by atoms with Crippen LogP contribution in [0.4, 0.5) is 0 Å². The molecule has 0 unspecified atom stereocenters. The molecule has 0 fully saturated rings. The van der Waals surface area contributed by atoms with Crippen LogP contribution >= 0.6 is 0 Å². The van der Waals surface area contributed by atoms with Gasteiger partial charge in [0.15, 0.2) is 0 Å². The maximum atomic E-state index is 5.23. The van der Waals surface area contributed by atoms with E-state index in [4.69, 9.17) is 14.2 Å². The van der Waals surface area contributed by atoms with Crippen molar-refractivity contribution >= 4 is 0 Å². The van der Waals surface area contributed by atoms with E-state index >= 15 is 0 Å². The Bertz CT molecular complexity index is 197. The molecule has 0 N–H and O–H groups in total. The van der Waals surface area contributed by atoms with E-state index in [9.17, 15) is 0 Å². The van der Waals surface area contributed by atoms with Gasteiger partial charge >= 0.3 is 0 Å². The van der Waals surface area contributed by atoms with Gasteiger partial charge in [0.25, 0.3) is 0 Å². The smallest absolute Gasteiger partial charge is 0.114 e. The monoisotopic (exact) mass is 198 g/mol. The predicted molar refractivity (Wildman–Crippen MR) is 56.9 cm³/mol. The second-order valence-corrected chi connectivity index (χ2v) is 2.70. The van der Waals surface area contributed by atoms with Gasteiger partial charge in [0.1, 0.15) is 19.0 Å². The molecular formula is C11H18O3. The lowest BCUT2D eigenvalue weighted by atomic mass is 10.3. The molecule has 0 saturated heterocycles. The maximum Gasteiger partial charge on any atom is 0.114 e. The molecule has 0 spiro atoms. The molecule has 0 radical (unpaired) electrons. The fraction of sp³-hybridized carbons (Fsp3) is 0.455. The third-order valence-electron chi connectivity index (χ3n) is 1.44. The van der Waals surface area contributed by atoms with Gasteiger partial charge in [-0.2, -0.15) is 0 Å². The van der Waals surface area contributed by atoms with Crippen molar-refractivity contribution in [2.75, 3.05) is 26.4 Å². The van der Waals surface area contributed by atoms with Crippen LogP contribution in [0.2, 0.25) is 0 Å². The highest BCUT2D eigenvalue weighted by Gasteiger charge is 1.94. The first-order valence-electron chi connectivity index (χ1n) is 4.46. The zero-order chi connectivity index (χ0) is 10.8. The first-order valence-corrected chi connectivity index (χ1v) is 4.46. The van der Waals surface area contributed by atoms with E-state index in [1.165, 1.54) is 6.26 Å². The molecule has 0 aromatic carbocycles. The topological polar surface area (TPSA) is 27.7 Å². The van der Waals surface area contributed by atoms with Crippen molar-refractivity contribution in [3.63, 3.8) is 0 Å². The minimum Gasteiger partial charge on any atom is -0.499 e. The van der Waals surface area contributed by atoms with E-state index in [1.807, 2.05) is 6.92 Å². The molecule has 3 nitrogen and oxygen atoms in total. The standard InChI is InChI=1S/C11H18O3/c1-5-12-6-7-13-8-9-14-11(4)10(2)3/h5H,1-2,4,6-9H2,3H3. The largest absolute Gasteiger partial charge is 0.499 e. The van der Waals surface area contributed by atoms with Crippen LogP contribution in [0, 0.1) is 0 Å². The second kappa shape index (κ2) is 8.38. The van der Waals surface area contributed by atoms with Gasteiger partial charge < -0.3 is 14.2 Å². The zero-order valence-corrected chi connectivity index (χ0v) is 8.75. The van der Waals surface area contributed by atoms with E-state index in [-0.39, 0.29) is 0 Å². The van der Waals surface area contributed by atoms with Crippen molar-refractivity contribution in [1.29, 1.82) is 0 Å². The maximum absolute atomic E-state index is 5.23. The van der Waals surface area contributed by atoms with E-state index < -0.39 is 0 Å². The summed E-state index contributed by atoms with van der Waals surface area (Å²) in [6.45, 7) is 14.7. The summed E-state index contributed by atoms with van der Waals surface area (Å²) in [6.07, 6.45) is 1.39. The quantitative estimate of drug-likeness (QED) is 0.323. The summed E-state index contributed by atoms with van der Waals surface area (Å²) >= 11 is 0. The van der Waals surface area contributed by atoms with Gasteiger partial charge in [0.2, 0.25) is 0 Å². The Kier molecular flexibility index (Phi) is 7.65. The molecule has 80 valence electrons. The van der Waals surface area contributed by atoms with E-state index in [2.05, 4.69) is 19.7 Å². The van der Waals surface area contributed by atoms with Gasteiger partial charge in [-0.15, -0.1) is 0 Å². The summed E-state index contributed by atoms with van der Waals surface area (Å²) in [6, 6.07) is 0. The molecule has 0 aliphatic carbocycles. The van der Waals surface area contributed by atoms with Crippen LogP contribution in [0.5, 0.6) is 0 Å². The minimum absolute atomic E-state index is 0.486. The number of rotatable bonds is 9. The van der Waals surface area contributed by atoms with Gasteiger partial charge in [-0.3, -0.25) is 0 Å². The van der Waals surface area contributed by atoms with Gasteiger partial charge in [0, 0.05) is 0 Å². The highest BCUT2D eigenvalue weighted by atomic mass is 16.5. The Balaban J connectivity index is 3.17. The lowest BCUT2D eigenvalue weighted by molar-refractivity contribution is 0.0516. The zero-order valence-electron chi connectivity index (χ0n) is 8.75. The molecule has 0 aliphatic rings. The molecule has 0 aliphatic heterocycles. The molecule has 14 heavy (non-hydrogen) atoms. The van der Waals surface area contributed by atoms with Gasteiger partial charge in [-0.05, 0) is 12.5 Å². The predicted octanol–water partition coefficient (Wildman–Crippen LogP) is 2.27. The highest BCUT2D eigenvalue weighted by Crippen LogP contribution is 2.04. The highest BCUT2D eigenvalue weighted by molar-refractivity contribution is 5.15. The Morgan fingerprint density at radius 2 is 1.79 bits per heavy atom. The summed E-state index contributed by atoms with van der Waals surface area (Å²) in [7, 11) is 0. The van der Waals surface area contributed by atoms with Crippen molar-refractivity contribution in [3.05, 3.63) is 37.3 Å².